The van der Waals surface area contributed by atoms with Gasteiger partial charge < -0.3 is 15.4 Å². The molecule has 0 atom stereocenters. The average Bonchev–Trinajstić information content (AvgIpc) is 3.24. The number of aromatic nitrogens is 1. The SMILES string of the molecule is Cc1c(Cl)cccc1NC(=O)CNC(=O)COC(=O)c1csc(-c2cccc(Cl)c2)n1. The van der Waals surface area contributed by atoms with Gasteiger partial charge in [0.1, 0.15) is 5.01 Å². The monoisotopic (exact) mass is 477 g/mol. The number of halogens is 2. The summed E-state index contributed by atoms with van der Waals surface area (Å²) in [7, 11) is 0. The minimum absolute atomic E-state index is 0.0851. The van der Waals surface area contributed by atoms with Crippen LogP contribution in [0.5, 0.6) is 0 Å². The predicted molar refractivity (Wildman–Crippen MR) is 121 cm³/mol. The van der Waals surface area contributed by atoms with Gasteiger partial charge in [-0.25, -0.2) is 9.78 Å². The Morgan fingerprint density at radius 2 is 1.87 bits per heavy atom. The van der Waals surface area contributed by atoms with Gasteiger partial charge in [-0.05, 0) is 36.8 Å². The number of carbonyl (C=O) groups excluding carboxylic acids is 3. The number of thiazole rings is 1. The molecule has 2 aromatic carbocycles. The molecule has 0 saturated heterocycles. The Bertz CT molecular complexity index is 1130. The molecule has 0 aliphatic heterocycles. The lowest BCUT2D eigenvalue weighted by atomic mass is 10.2. The number of hydrogen-bond donors (Lipinski definition) is 2. The van der Waals surface area contributed by atoms with E-state index in [0.29, 0.717) is 20.7 Å². The molecular formula is C21H17Cl2N3O4S. The molecule has 160 valence electrons. The molecule has 7 nitrogen and oxygen atoms in total. The van der Waals surface area contributed by atoms with Gasteiger partial charge in [-0.15, -0.1) is 11.3 Å². The number of ether oxygens (including phenoxy) is 1. The average molecular weight is 478 g/mol. The Morgan fingerprint density at radius 3 is 2.65 bits per heavy atom. The number of nitrogens with zero attached hydrogens (tertiary/aromatic N) is 1. The van der Waals surface area contributed by atoms with E-state index in [4.69, 9.17) is 27.9 Å². The minimum atomic E-state index is -0.737. The fourth-order valence-electron chi connectivity index (χ4n) is 2.49. The third kappa shape index (κ3) is 6.27. The second kappa shape index (κ2) is 10.4. The summed E-state index contributed by atoms with van der Waals surface area (Å²) in [5, 5.41) is 8.27. The van der Waals surface area contributed by atoms with Crippen molar-refractivity contribution < 1.29 is 19.1 Å². The van der Waals surface area contributed by atoms with Gasteiger partial charge in [0.25, 0.3) is 5.91 Å². The fourth-order valence-corrected chi connectivity index (χ4v) is 3.64. The Kier molecular flexibility index (Phi) is 7.62. The lowest BCUT2D eigenvalue weighted by Crippen LogP contribution is -2.35. The van der Waals surface area contributed by atoms with Crippen LogP contribution in [0.1, 0.15) is 16.1 Å². The van der Waals surface area contributed by atoms with E-state index in [-0.39, 0.29) is 12.2 Å². The molecule has 0 unspecified atom stereocenters. The topological polar surface area (TPSA) is 97.4 Å². The molecule has 0 radical (unpaired) electrons. The van der Waals surface area contributed by atoms with E-state index in [9.17, 15) is 14.4 Å². The van der Waals surface area contributed by atoms with Crippen LogP contribution in [0.15, 0.2) is 47.8 Å². The maximum Gasteiger partial charge on any atom is 0.358 e. The molecule has 0 aliphatic carbocycles. The molecule has 2 N–H and O–H groups in total. The van der Waals surface area contributed by atoms with Crippen LogP contribution in [0.4, 0.5) is 5.69 Å². The highest BCUT2D eigenvalue weighted by molar-refractivity contribution is 7.13. The number of benzene rings is 2. The fraction of sp³-hybridized carbons (Fsp3) is 0.143. The molecule has 0 spiro atoms. The van der Waals surface area contributed by atoms with Crippen molar-refractivity contribution in [3.05, 3.63) is 69.1 Å². The van der Waals surface area contributed by atoms with Crippen molar-refractivity contribution in [3.8, 4) is 10.6 Å². The zero-order valence-corrected chi connectivity index (χ0v) is 18.6. The Morgan fingerprint density at radius 1 is 1.10 bits per heavy atom. The van der Waals surface area contributed by atoms with E-state index in [1.165, 1.54) is 16.7 Å². The molecule has 10 heteroatoms. The van der Waals surface area contributed by atoms with Gasteiger partial charge in [0, 0.05) is 26.7 Å². The number of rotatable bonds is 7. The normalized spacial score (nSPS) is 10.4. The molecular weight excluding hydrogens is 461 g/mol. The Labute approximate surface area is 192 Å². The van der Waals surface area contributed by atoms with Crippen molar-refractivity contribution in [2.24, 2.45) is 0 Å². The molecule has 1 aromatic heterocycles. The number of carbonyl (C=O) groups is 3. The summed E-state index contributed by atoms with van der Waals surface area (Å²) in [6.07, 6.45) is 0. The molecule has 0 saturated carbocycles. The second-order valence-corrected chi connectivity index (χ2v) is 8.06. The van der Waals surface area contributed by atoms with Gasteiger partial charge in [0.05, 0.1) is 6.54 Å². The van der Waals surface area contributed by atoms with Crippen LogP contribution in [-0.4, -0.2) is 35.9 Å². The summed E-state index contributed by atoms with van der Waals surface area (Å²) in [5.41, 5.74) is 2.13. The van der Waals surface area contributed by atoms with Crippen LogP contribution < -0.4 is 10.6 Å². The van der Waals surface area contributed by atoms with Gasteiger partial charge in [0.2, 0.25) is 5.91 Å². The standard InChI is InChI=1S/C21H17Cl2N3O4S/c1-12-15(23)6-3-7-16(12)25-18(27)9-24-19(28)10-30-21(29)17-11-31-20(26-17)13-4-2-5-14(22)8-13/h2-8,11H,9-10H2,1H3,(H,24,28)(H,25,27). The molecule has 2 amide bonds. The first-order valence-electron chi connectivity index (χ1n) is 9.03. The summed E-state index contributed by atoms with van der Waals surface area (Å²) in [4.78, 5) is 40.3. The van der Waals surface area contributed by atoms with E-state index in [0.717, 1.165) is 11.1 Å². The third-order valence-corrected chi connectivity index (χ3v) is 5.64. The van der Waals surface area contributed by atoms with Crippen LogP contribution in [0, 0.1) is 6.92 Å². The highest BCUT2D eigenvalue weighted by atomic mass is 35.5. The predicted octanol–water partition coefficient (Wildman–Crippen LogP) is 4.34. The molecule has 0 aliphatic rings. The summed E-state index contributed by atoms with van der Waals surface area (Å²) in [6, 6.07) is 12.2. The quantitative estimate of drug-likeness (QED) is 0.493. The lowest BCUT2D eigenvalue weighted by Gasteiger charge is -2.10. The van der Waals surface area contributed by atoms with Crippen molar-refractivity contribution in [1.29, 1.82) is 0 Å². The highest BCUT2D eigenvalue weighted by Gasteiger charge is 2.16. The third-order valence-electron chi connectivity index (χ3n) is 4.11. The van der Waals surface area contributed by atoms with Gasteiger partial charge in [-0.1, -0.05) is 41.4 Å². The van der Waals surface area contributed by atoms with Crippen LogP contribution >= 0.6 is 34.5 Å². The van der Waals surface area contributed by atoms with E-state index >= 15 is 0 Å². The first-order chi connectivity index (χ1) is 14.8. The largest absolute Gasteiger partial charge is 0.451 e. The lowest BCUT2D eigenvalue weighted by molar-refractivity contribution is -0.126. The van der Waals surface area contributed by atoms with Gasteiger partial charge in [-0.2, -0.15) is 0 Å². The number of anilines is 1. The molecule has 0 bridgehead atoms. The first kappa shape index (κ1) is 22.7. The summed E-state index contributed by atoms with van der Waals surface area (Å²) in [6.45, 7) is 0.955. The molecule has 1 heterocycles. The van der Waals surface area contributed by atoms with Crippen LogP contribution in [-0.2, 0) is 14.3 Å². The Hall–Kier alpha value is -2.94. The highest BCUT2D eigenvalue weighted by Crippen LogP contribution is 2.26. The van der Waals surface area contributed by atoms with Gasteiger partial charge in [0.15, 0.2) is 12.3 Å². The van der Waals surface area contributed by atoms with Crippen molar-refractivity contribution in [3.63, 3.8) is 0 Å². The molecule has 3 rings (SSSR count). The van der Waals surface area contributed by atoms with Crippen molar-refractivity contribution in [2.75, 3.05) is 18.5 Å². The van der Waals surface area contributed by atoms with E-state index in [2.05, 4.69) is 15.6 Å². The van der Waals surface area contributed by atoms with Crippen molar-refractivity contribution in [2.45, 2.75) is 6.92 Å². The van der Waals surface area contributed by atoms with E-state index in [1.807, 2.05) is 6.07 Å². The molecule has 3 aromatic rings. The number of amides is 2. The summed E-state index contributed by atoms with van der Waals surface area (Å²) in [5.74, 6) is -1.79. The minimum Gasteiger partial charge on any atom is -0.451 e. The Balaban J connectivity index is 1.46. The van der Waals surface area contributed by atoms with Crippen molar-refractivity contribution in [1.82, 2.24) is 10.3 Å². The van der Waals surface area contributed by atoms with Gasteiger partial charge >= 0.3 is 5.97 Å². The number of hydrogen-bond acceptors (Lipinski definition) is 6. The van der Waals surface area contributed by atoms with Crippen LogP contribution in [0.2, 0.25) is 10.0 Å². The van der Waals surface area contributed by atoms with Crippen LogP contribution in [0.25, 0.3) is 10.6 Å². The second-order valence-electron chi connectivity index (χ2n) is 6.36. The summed E-state index contributed by atoms with van der Waals surface area (Å²) >= 11 is 13.2. The number of nitrogens with one attached hydrogen (secondary N) is 2. The zero-order valence-electron chi connectivity index (χ0n) is 16.3. The smallest absolute Gasteiger partial charge is 0.358 e. The first-order valence-corrected chi connectivity index (χ1v) is 10.7. The van der Waals surface area contributed by atoms with Gasteiger partial charge in [-0.3, -0.25) is 9.59 Å². The maximum atomic E-state index is 12.1. The molecule has 31 heavy (non-hydrogen) atoms. The van der Waals surface area contributed by atoms with E-state index < -0.39 is 24.4 Å². The summed E-state index contributed by atoms with van der Waals surface area (Å²) < 4.78 is 4.97. The number of esters is 1. The molecule has 0 fully saturated rings. The van der Waals surface area contributed by atoms with E-state index in [1.54, 1.807) is 43.3 Å². The van der Waals surface area contributed by atoms with Crippen LogP contribution in [0.3, 0.4) is 0 Å². The maximum absolute atomic E-state index is 12.1. The zero-order chi connectivity index (χ0) is 22.4. The van der Waals surface area contributed by atoms with Crippen molar-refractivity contribution >= 4 is 58.0 Å².